The van der Waals surface area contributed by atoms with Crippen LogP contribution in [0.5, 0.6) is 11.5 Å². The maximum absolute atomic E-state index is 12.2. The maximum Gasteiger partial charge on any atom is 0.226 e. The highest BCUT2D eigenvalue weighted by molar-refractivity contribution is 7.09. The zero-order valence-corrected chi connectivity index (χ0v) is 16.8. The molecule has 0 fully saturated rings. The van der Waals surface area contributed by atoms with Crippen molar-refractivity contribution in [1.82, 2.24) is 15.3 Å². The van der Waals surface area contributed by atoms with Gasteiger partial charge < -0.3 is 14.8 Å². The molecule has 0 bridgehead atoms. The summed E-state index contributed by atoms with van der Waals surface area (Å²) in [5.74, 6) is 1.50. The number of rotatable bonds is 9. The third-order valence-corrected chi connectivity index (χ3v) is 4.97. The Morgan fingerprint density at radius 3 is 2.86 bits per heavy atom. The molecule has 0 atom stereocenters. The van der Waals surface area contributed by atoms with Gasteiger partial charge in [-0.25, -0.2) is 4.98 Å². The number of carbonyl (C=O) groups excluding carboxylic acids is 1. The molecule has 0 radical (unpaired) electrons. The van der Waals surface area contributed by atoms with Crippen LogP contribution < -0.4 is 14.8 Å². The highest BCUT2D eigenvalue weighted by atomic mass is 32.1. The van der Waals surface area contributed by atoms with Crippen LogP contribution in [-0.2, 0) is 24.2 Å². The van der Waals surface area contributed by atoms with Crippen molar-refractivity contribution >= 4 is 17.2 Å². The Hall–Kier alpha value is -2.93. The number of aryl methyl sites for hydroxylation is 1. The first kappa shape index (κ1) is 19.8. The number of amides is 1. The van der Waals surface area contributed by atoms with Gasteiger partial charge in [-0.15, -0.1) is 11.3 Å². The van der Waals surface area contributed by atoms with E-state index >= 15 is 0 Å². The van der Waals surface area contributed by atoms with Crippen LogP contribution in [0.3, 0.4) is 0 Å². The molecule has 0 spiro atoms. The topological polar surface area (TPSA) is 73.3 Å². The predicted octanol–water partition coefficient (Wildman–Crippen LogP) is 3.34. The fourth-order valence-corrected chi connectivity index (χ4v) is 3.36. The number of nitrogens with zero attached hydrogens (tertiary/aromatic N) is 2. The molecule has 2 aromatic heterocycles. The van der Waals surface area contributed by atoms with Crippen molar-refractivity contribution in [3.8, 4) is 11.5 Å². The number of aromatic nitrogens is 2. The number of hydrogen-bond donors (Lipinski definition) is 1. The number of thiazole rings is 1. The average molecular weight is 398 g/mol. The zero-order valence-electron chi connectivity index (χ0n) is 16.0. The SMILES string of the molecule is COc1ccccc1CCNC(=O)Cc1csc(COc2ccc(C)nc2)n1. The molecule has 2 heterocycles. The Morgan fingerprint density at radius 2 is 2.07 bits per heavy atom. The number of ether oxygens (including phenoxy) is 2. The van der Waals surface area contributed by atoms with Crippen molar-refractivity contribution in [1.29, 1.82) is 0 Å². The van der Waals surface area contributed by atoms with Crippen LogP contribution in [0, 0.1) is 6.92 Å². The van der Waals surface area contributed by atoms with Gasteiger partial charge in [-0.1, -0.05) is 18.2 Å². The molecule has 0 aliphatic carbocycles. The van der Waals surface area contributed by atoms with Crippen molar-refractivity contribution in [2.24, 2.45) is 0 Å². The summed E-state index contributed by atoms with van der Waals surface area (Å²) in [4.78, 5) is 20.8. The van der Waals surface area contributed by atoms with Crippen LogP contribution in [0.1, 0.15) is 22.0 Å². The number of carbonyl (C=O) groups is 1. The van der Waals surface area contributed by atoms with E-state index in [4.69, 9.17) is 9.47 Å². The summed E-state index contributed by atoms with van der Waals surface area (Å²) in [6.45, 7) is 2.85. The van der Waals surface area contributed by atoms with Gasteiger partial charge in [-0.3, -0.25) is 9.78 Å². The molecule has 1 N–H and O–H groups in total. The highest BCUT2D eigenvalue weighted by Crippen LogP contribution is 2.17. The second kappa shape index (κ2) is 9.85. The summed E-state index contributed by atoms with van der Waals surface area (Å²) < 4.78 is 11.0. The van der Waals surface area contributed by atoms with E-state index in [1.165, 1.54) is 11.3 Å². The largest absolute Gasteiger partial charge is 0.496 e. The third-order valence-electron chi connectivity index (χ3n) is 4.10. The maximum atomic E-state index is 12.2. The van der Waals surface area contributed by atoms with Crippen molar-refractivity contribution in [3.63, 3.8) is 0 Å². The Kier molecular flexibility index (Phi) is 6.97. The molecule has 28 heavy (non-hydrogen) atoms. The van der Waals surface area contributed by atoms with Gasteiger partial charge in [0.25, 0.3) is 0 Å². The fraction of sp³-hybridized carbons (Fsp3) is 0.286. The number of nitrogens with one attached hydrogen (secondary N) is 1. The molecule has 3 rings (SSSR count). The summed E-state index contributed by atoms with van der Waals surface area (Å²) in [7, 11) is 1.65. The third kappa shape index (κ3) is 5.79. The van der Waals surface area contributed by atoms with Crippen molar-refractivity contribution in [3.05, 3.63) is 69.9 Å². The van der Waals surface area contributed by atoms with E-state index < -0.39 is 0 Å². The molecule has 0 saturated carbocycles. The van der Waals surface area contributed by atoms with Crippen LogP contribution in [0.15, 0.2) is 48.0 Å². The molecule has 0 aliphatic heterocycles. The molecule has 3 aromatic rings. The van der Waals surface area contributed by atoms with E-state index in [9.17, 15) is 4.79 Å². The summed E-state index contributed by atoms with van der Waals surface area (Å²) >= 11 is 1.49. The van der Waals surface area contributed by atoms with Gasteiger partial charge >= 0.3 is 0 Å². The van der Waals surface area contributed by atoms with E-state index in [0.717, 1.165) is 34.1 Å². The van der Waals surface area contributed by atoms with Crippen LogP contribution in [0.25, 0.3) is 0 Å². The van der Waals surface area contributed by atoms with Crippen LogP contribution in [0.4, 0.5) is 0 Å². The number of pyridine rings is 1. The lowest BCUT2D eigenvalue weighted by Gasteiger charge is -2.08. The highest BCUT2D eigenvalue weighted by Gasteiger charge is 2.09. The van der Waals surface area contributed by atoms with Gasteiger partial charge in [0, 0.05) is 17.6 Å². The van der Waals surface area contributed by atoms with Crippen molar-refractivity contribution < 1.29 is 14.3 Å². The minimum atomic E-state index is -0.0459. The molecule has 0 unspecified atom stereocenters. The van der Waals surface area contributed by atoms with E-state index in [1.807, 2.05) is 48.7 Å². The van der Waals surface area contributed by atoms with E-state index in [0.29, 0.717) is 18.9 Å². The smallest absolute Gasteiger partial charge is 0.226 e. The monoisotopic (exact) mass is 397 g/mol. The van der Waals surface area contributed by atoms with Gasteiger partial charge in [0.15, 0.2) is 0 Å². The molecule has 7 heteroatoms. The lowest BCUT2D eigenvalue weighted by Crippen LogP contribution is -2.27. The molecule has 6 nitrogen and oxygen atoms in total. The molecule has 0 aliphatic rings. The number of hydrogen-bond acceptors (Lipinski definition) is 6. The average Bonchev–Trinajstić information content (AvgIpc) is 3.15. The number of benzene rings is 1. The Balaban J connectivity index is 1.42. The predicted molar refractivity (Wildman–Crippen MR) is 109 cm³/mol. The molecule has 1 amide bonds. The standard InChI is InChI=1S/C21H23N3O3S/c1-15-7-8-18(12-23-15)27-13-21-24-17(14-28-21)11-20(25)22-10-9-16-5-3-4-6-19(16)26-2/h3-8,12,14H,9-11,13H2,1-2H3,(H,22,25). The zero-order chi connectivity index (χ0) is 19.8. The molecule has 146 valence electrons. The Morgan fingerprint density at radius 1 is 1.21 bits per heavy atom. The lowest BCUT2D eigenvalue weighted by atomic mass is 10.1. The first-order chi connectivity index (χ1) is 13.6. The van der Waals surface area contributed by atoms with Crippen LogP contribution >= 0.6 is 11.3 Å². The normalized spacial score (nSPS) is 10.5. The second-order valence-electron chi connectivity index (χ2n) is 6.25. The second-order valence-corrected chi connectivity index (χ2v) is 7.19. The summed E-state index contributed by atoms with van der Waals surface area (Å²) in [5, 5.41) is 5.66. The van der Waals surface area contributed by atoms with Crippen molar-refractivity contribution in [2.45, 2.75) is 26.4 Å². The summed E-state index contributed by atoms with van der Waals surface area (Å²) in [6.07, 6.45) is 2.67. The van der Waals surface area contributed by atoms with E-state index in [-0.39, 0.29) is 12.3 Å². The minimum Gasteiger partial charge on any atom is -0.496 e. The first-order valence-corrected chi connectivity index (χ1v) is 9.89. The quantitative estimate of drug-likeness (QED) is 0.600. The number of para-hydroxylation sites is 1. The van der Waals surface area contributed by atoms with Crippen molar-refractivity contribution in [2.75, 3.05) is 13.7 Å². The van der Waals surface area contributed by atoms with Crippen LogP contribution in [0.2, 0.25) is 0 Å². The van der Waals surface area contributed by atoms with Crippen LogP contribution in [-0.4, -0.2) is 29.5 Å². The molecule has 0 saturated heterocycles. The minimum absolute atomic E-state index is 0.0459. The van der Waals surface area contributed by atoms with E-state index in [1.54, 1.807) is 13.3 Å². The molecular weight excluding hydrogens is 374 g/mol. The fourth-order valence-electron chi connectivity index (χ4n) is 2.65. The molecular formula is C21H23N3O3S. The molecule has 1 aromatic carbocycles. The Bertz CT molecular complexity index is 909. The van der Waals surface area contributed by atoms with Gasteiger partial charge in [-0.05, 0) is 37.1 Å². The van der Waals surface area contributed by atoms with Gasteiger partial charge in [0.1, 0.15) is 23.1 Å². The summed E-state index contributed by atoms with van der Waals surface area (Å²) in [6, 6.07) is 11.6. The van der Waals surface area contributed by atoms with Gasteiger partial charge in [-0.2, -0.15) is 0 Å². The summed E-state index contributed by atoms with van der Waals surface area (Å²) in [5.41, 5.74) is 2.77. The van der Waals surface area contributed by atoms with E-state index in [2.05, 4.69) is 15.3 Å². The first-order valence-electron chi connectivity index (χ1n) is 9.01. The van der Waals surface area contributed by atoms with Gasteiger partial charge in [0.2, 0.25) is 5.91 Å². The lowest BCUT2D eigenvalue weighted by molar-refractivity contribution is -0.120. The number of methoxy groups -OCH3 is 1. The van der Waals surface area contributed by atoms with Gasteiger partial charge in [0.05, 0.1) is 25.4 Å². The Labute approximate surface area is 168 Å².